The zero-order valence-electron chi connectivity index (χ0n) is 16.4. The second-order valence-corrected chi connectivity index (χ2v) is 7.02. The van der Waals surface area contributed by atoms with E-state index in [1.165, 1.54) is 6.42 Å². The fourth-order valence-electron chi connectivity index (χ4n) is 3.45. The molecule has 0 bridgehead atoms. The molecule has 1 aliphatic heterocycles. The number of methoxy groups -OCH3 is 1. The lowest BCUT2D eigenvalue weighted by molar-refractivity contribution is 0.0938. The van der Waals surface area contributed by atoms with Crippen LogP contribution in [0.2, 0.25) is 0 Å². The van der Waals surface area contributed by atoms with Gasteiger partial charge < -0.3 is 19.4 Å². The van der Waals surface area contributed by atoms with E-state index in [1.807, 2.05) is 30.3 Å². The Bertz CT molecular complexity index is 934. The molecular formula is C22H24N4O3. The molecule has 29 heavy (non-hydrogen) atoms. The van der Waals surface area contributed by atoms with Gasteiger partial charge in [-0.3, -0.25) is 4.79 Å². The summed E-state index contributed by atoms with van der Waals surface area (Å²) >= 11 is 0. The van der Waals surface area contributed by atoms with Gasteiger partial charge in [-0.25, -0.2) is 0 Å². The Kier molecular flexibility index (Phi) is 5.74. The largest absolute Gasteiger partial charge is 0.497 e. The summed E-state index contributed by atoms with van der Waals surface area (Å²) in [6.45, 7) is 1.83. The first-order valence-corrected chi connectivity index (χ1v) is 9.83. The average molecular weight is 392 g/mol. The van der Waals surface area contributed by atoms with E-state index in [2.05, 4.69) is 20.4 Å². The number of benzene rings is 2. The third-order valence-electron chi connectivity index (χ3n) is 5.06. The quantitative estimate of drug-likeness (QED) is 0.691. The molecule has 1 saturated heterocycles. The molecule has 0 spiro atoms. The predicted molar refractivity (Wildman–Crippen MR) is 109 cm³/mol. The molecule has 1 N–H and O–H groups in total. The smallest absolute Gasteiger partial charge is 0.318 e. The number of carbonyl (C=O) groups is 1. The first-order valence-electron chi connectivity index (χ1n) is 9.83. The summed E-state index contributed by atoms with van der Waals surface area (Å²) in [5.74, 6) is 0.849. The number of ether oxygens (including phenoxy) is 1. The van der Waals surface area contributed by atoms with Crippen LogP contribution in [-0.2, 0) is 0 Å². The van der Waals surface area contributed by atoms with E-state index >= 15 is 0 Å². The van der Waals surface area contributed by atoms with Gasteiger partial charge in [-0.2, -0.15) is 0 Å². The van der Waals surface area contributed by atoms with Gasteiger partial charge >= 0.3 is 6.01 Å². The minimum Gasteiger partial charge on any atom is -0.497 e. The Morgan fingerprint density at radius 1 is 1.03 bits per heavy atom. The number of aromatic nitrogens is 2. The predicted octanol–water partition coefficient (Wildman–Crippen LogP) is 3.59. The SMILES string of the molecule is COc1ccc(C(=O)N[C@H](c2ccccc2)c2nnc(N3CCCCC3)o2)cc1. The van der Waals surface area contributed by atoms with Crippen molar-refractivity contribution in [1.82, 2.24) is 15.5 Å². The number of anilines is 1. The van der Waals surface area contributed by atoms with Gasteiger partial charge in [0.1, 0.15) is 11.8 Å². The molecule has 0 unspecified atom stereocenters. The summed E-state index contributed by atoms with van der Waals surface area (Å²) in [4.78, 5) is 15.0. The Hall–Kier alpha value is -3.35. The maximum Gasteiger partial charge on any atom is 0.318 e. The normalized spacial score (nSPS) is 15.0. The highest BCUT2D eigenvalue weighted by atomic mass is 16.5. The fourth-order valence-corrected chi connectivity index (χ4v) is 3.45. The van der Waals surface area contributed by atoms with Crippen molar-refractivity contribution < 1.29 is 13.9 Å². The van der Waals surface area contributed by atoms with E-state index in [9.17, 15) is 4.79 Å². The van der Waals surface area contributed by atoms with Crippen molar-refractivity contribution >= 4 is 11.9 Å². The van der Waals surface area contributed by atoms with Crippen LogP contribution < -0.4 is 15.0 Å². The summed E-state index contributed by atoms with van der Waals surface area (Å²) in [5, 5.41) is 11.5. The molecule has 1 aromatic heterocycles. The van der Waals surface area contributed by atoms with Crippen LogP contribution in [0.15, 0.2) is 59.0 Å². The monoisotopic (exact) mass is 392 g/mol. The highest BCUT2D eigenvalue weighted by molar-refractivity contribution is 5.94. The lowest BCUT2D eigenvalue weighted by Crippen LogP contribution is -2.30. The summed E-state index contributed by atoms with van der Waals surface area (Å²) in [6.07, 6.45) is 3.46. The molecule has 0 radical (unpaired) electrons. The second-order valence-electron chi connectivity index (χ2n) is 7.02. The Labute approximate surface area is 169 Å². The molecule has 0 aliphatic carbocycles. The molecule has 7 nitrogen and oxygen atoms in total. The van der Waals surface area contributed by atoms with Crippen molar-refractivity contribution in [3.05, 3.63) is 71.6 Å². The van der Waals surface area contributed by atoms with Crippen LogP contribution in [0.4, 0.5) is 6.01 Å². The molecule has 1 aliphatic rings. The summed E-state index contributed by atoms with van der Waals surface area (Å²) in [7, 11) is 1.59. The molecule has 2 heterocycles. The van der Waals surface area contributed by atoms with Crippen molar-refractivity contribution in [3.63, 3.8) is 0 Å². The molecule has 1 amide bonds. The number of nitrogens with zero attached hydrogens (tertiary/aromatic N) is 3. The Morgan fingerprint density at radius 2 is 1.76 bits per heavy atom. The minimum absolute atomic E-state index is 0.223. The second kappa shape index (κ2) is 8.77. The van der Waals surface area contributed by atoms with Crippen molar-refractivity contribution in [1.29, 1.82) is 0 Å². The van der Waals surface area contributed by atoms with Crippen LogP contribution in [0.1, 0.15) is 47.1 Å². The van der Waals surface area contributed by atoms with E-state index in [0.717, 1.165) is 31.5 Å². The molecular weight excluding hydrogens is 368 g/mol. The average Bonchev–Trinajstić information content (AvgIpc) is 3.28. The van der Waals surface area contributed by atoms with Gasteiger partial charge in [-0.15, -0.1) is 5.10 Å². The third-order valence-corrected chi connectivity index (χ3v) is 5.06. The van der Waals surface area contributed by atoms with E-state index in [1.54, 1.807) is 31.4 Å². The number of rotatable bonds is 6. The zero-order chi connectivity index (χ0) is 20.1. The Balaban J connectivity index is 1.58. The van der Waals surface area contributed by atoms with Crippen LogP contribution in [-0.4, -0.2) is 36.3 Å². The standard InChI is InChI=1S/C22H24N4O3/c1-28-18-12-10-17(11-13-18)20(27)23-19(16-8-4-2-5-9-16)21-24-25-22(29-21)26-14-6-3-7-15-26/h2,4-5,8-13,19H,3,6-7,14-15H2,1H3,(H,23,27)/t19-/m1/s1. The van der Waals surface area contributed by atoms with Crippen LogP contribution in [0, 0.1) is 0 Å². The van der Waals surface area contributed by atoms with Gasteiger partial charge in [0.05, 0.1) is 7.11 Å². The minimum atomic E-state index is -0.531. The first kappa shape index (κ1) is 19.0. The third kappa shape index (κ3) is 4.39. The maximum atomic E-state index is 12.9. The van der Waals surface area contributed by atoms with E-state index in [0.29, 0.717) is 23.2 Å². The number of carbonyl (C=O) groups excluding carboxylic acids is 1. The number of nitrogens with one attached hydrogen (secondary N) is 1. The summed E-state index contributed by atoms with van der Waals surface area (Å²) in [6, 6.07) is 16.6. The van der Waals surface area contributed by atoms with Crippen LogP contribution in [0.5, 0.6) is 5.75 Å². The lowest BCUT2D eigenvalue weighted by atomic mass is 10.1. The van der Waals surface area contributed by atoms with Crippen molar-refractivity contribution in [2.75, 3.05) is 25.1 Å². The van der Waals surface area contributed by atoms with Crippen molar-refractivity contribution in [2.24, 2.45) is 0 Å². The summed E-state index contributed by atoms with van der Waals surface area (Å²) in [5.41, 5.74) is 1.41. The fraction of sp³-hybridized carbons (Fsp3) is 0.318. The maximum absolute atomic E-state index is 12.9. The molecule has 4 rings (SSSR count). The van der Waals surface area contributed by atoms with Crippen LogP contribution in [0.25, 0.3) is 0 Å². The lowest BCUT2D eigenvalue weighted by Gasteiger charge is -2.24. The molecule has 1 fully saturated rings. The summed E-state index contributed by atoms with van der Waals surface area (Å²) < 4.78 is 11.1. The van der Waals surface area contributed by atoms with Gasteiger partial charge in [-0.05, 0) is 49.1 Å². The number of hydrogen-bond acceptors (Lipinski definition) is 6. The number of amides is 1. The van der Waals surface area contributed by atoms with Gasteiger partial charge in [0.15, 0.2) is 0 Å². The number of hydrogen-bond donors (Lipinski definition) is 1. The number of piperidine rings is 1. The molecule has 2 aromatic carbocycles. The van der Waals surface area contributed by atoms with Gasteiger partial charge in [0.25, 0.3) is 5.91 Å². The highest BCUT2D eigenvalue weighted by Gasteiger charge is 2.25. The molecule has 7 heteroatoms. The van der Waals surface area contributed by atoms with E-state index in [-0.39, 0.29) is 5.91 Å². The van der Waals surface area contributed by atoms with Crippen molar-refractivity contribution in [3.8, 4) is 5.75 Å². The topological polar surface area (TPSA) is 80.5 Å². The zero-order valence-corrected chi connectivity index (χ0v) is 16.4. The van der Waals surface area contributed by atoms with E-state index in [4.69, 9.17) is 9.15 Å². The van der Waals surface area contributed by atoms with Crippen LogP contribution in [0.3, 0.4) is 0 Å². The van der Waals surface area contributed by atoms with Crippen LogP contribution >= 0.6 is 0 Å². The molecule has 0 saturated carbocycles. The van der Waals surface area contributed by atoms with Gasteiger partial charge in [0.2, 0.25) is 5.89 Å². The van der Waals surface area contributed by atoms with E-state index < -0.39 is 6.04 Å². The first-order chi connectivity index (χ1) is 14.2. The molecule has 150 valence electrons. The molecule has 1 atom stereocenters. The van der Waals surface area contributed by atoms with Gasteiger partial charge in [0, 0.05) is 18.7 Å². The van der Waals surface area contributed by atoms with Crippen molar-refractivity contribution in [2.45, 2.75) is 25.3 Å². The highest BCUT2D eigenvalue weighted by Crippen LogP contribution is 2.26. The van der Waals surface area contributed by atoms with Gasteiger partial charge in [-0.1, -0.05) is 35.4 Å². The molecule has 3 aromatic rings. The Morgan fingerprint density at radius 3 is 2.45 bits per heavy atom.